The molecule has 7 nitrogen and oxygen atoms in total. The highest BCUT2D eigenvalue weighted by Crippen LogP contribution is 2.19. The molecule has 2 aromatic rings. The smallest absolute Gasteiger partial charge is 0.251 e. The summed E-state index contributed by atoms with van der Waals surface area (Å²) in [7, 11) is 0. The van der Waals surface area contributed by atoms with E-state index in [9.17, 15) is 4.79 Å². The van der Waals surface area contributed by atoms with E-state index < -0.39 is 0 Å². The van der Waals surface area contributed by atoms with E-state index in [4.69, 9.17) is 15.3 Å². The molecule has 0 radical (unpaired) electrons. The summed E-state index contributed by atoms with van der Waals surface area (Å²) in [5.41, 5.74) is 3.07. The van der Waals surface area contributed by atoms with Crippen molar-refractivity contribution in [2.24, 2.45) is 0 Å². The van der Waals surface area contributed by atoms with Crippen LogP contribution in [0.5, 0.6) is 0 Å². The lowest BCUT2D eigenvalue weighted by Gasteiger charge is -2.46. The molecule has 7 heteroatoms. The number of nitriles is 2. The number of amides is 1. The maximum absolute atomic E-state index is 12.3. The summed E-state index contributed by atoms with van der Waals surface area (Å²) in [6.45, 7) is 5.95. The minimum absolute atomic E-state index is 0.114. The van der Waals surface area contributed by atoms with E-state index in [0.717, 1.165) is 45.7 Å². The molecule has 0 spiro atoms. The van der Waals surface area contributed by atoms with Gasteiger partial charge in [0, 0.05) is 51.4 Å². The lowest BCUT2D eigenvalue weighted by molar-refractivity contribution is -0.137. The second-order valence-electron chi connectivity index (χ2n) is 8.40. The van der Waals surface area contributed by atoms with Crippen LogP contribution >= 0.6 is 0 Å². The molecule has 2 atom stereocenters. The normalized spacial score (nSPS) is 20.8. The monoisotopic (exact) mass is 429 g/mol. The molecule has 0 saturated carbocycles. The van der Waals surface area contributed by atoms with Crippen molar-refractivity contribution < 1.29 is 9.53 Å². The molecule has 2 aliphatic rings. The van der Waals surface area contributed by atoms with Crippen LogP contribution in [0.2, 0.25) is 0 Å². The zero-order chi connectivity index (χ0) is 22.3. The van der Waals surface area contributed by atoms with E-state index in [1.807, 2.05) is 24.3 Å². The number of carbonyl (C=O) groups is 1. The third-order valence-corrected chi connectivity index (χ3v) is 6.02. The van der Waals surface area contributed by atoms with Crippen LogP contribution in [0.15, 0.2) is 48.5 Å². The van der Waals surface area contributed by atoms with Gasteiger partial charge >= 0.3 is 0 Å². The lowest BCUT2D eigenvalue weighted by Crippen LogP contribution is -2.60. The first-order valence-electron chi connectivity index (χ1n) is 11.0. The molecule has 4 rings (SSSR count). The first kappa shape index (κ1) is 22.0. The van der Waals surface area contributed by atoms with E-state index >= 15 is 0 Å². The molecular weight excluding hydrogens is 402 g/mol. The van der Waals surface area contributed by atoms with Gasteiger partial charge in [-0.3, -0.25) is 14.6 Å². The van der Waals surface area contributed by atoms with Crippen LogP contribution in [0.4, 0.5) is 0 Å². The number of rotatable bonds is 7. The van der Waals surface area contributed by atoms with E-state index in [0.29, 0.717) is 23.2 Å². The van der Waals surface area contributed by atoms with Gasteiger partial charge in [-0.05, 0) is 48.4 Å². The van der Waals surface area contributed by atoms with Crippen LogP contribution in [0.1, 0.15) is 27.0 Å². The van der Waals surface area contributed by atoms with Gasteiger partial charge in [0.15, 0.2) is 0 Å². The van der Waals surface area contributed by atoms with Gasteiger partial charge in [0.2, 0.25) is 0 Å². The van der Waals surface area contributed by atoms with E-state index in [1.54, 1.807) is 24.3 Å². The number of carbonyl (C=O) groups excluding carboxylic acids is 1. The molecule has 0 aliphatic carbocycles. The van der Waals surface area contributed by atoms with Crippen molar-refractivity contribution in [2.45, 2.75) is 18.6 Å². The molecule has 164 valence electrons. The standard InChI is InChI=1S/C25H27N5O2/c26-13-20-3-1-19(2-4-20)9-11-29-15-23-17-30(18-24(16-29)32-23)12-10-28-25(31)22-7-5-21(14-27)6-8-22/h1-8,23-24H,9-12,15-18H2,(H,28,31). The highest BCUT2D eigenvalue weighted by molar-refractivity contribution is 5.94. The maximum Gasteiger partial charge on any atom is 0.251 e. The number of nitrogens with one attached hydrogen (secondary N) is 1. The largest absolute Gasteiger partial charge is 0.370 e. The van der Waals surface area contributed by atoms with Gasteiger partial charge in [-0.2, -0.15) is 10.5 Å². The molecule has 2 heterocycles. The third-order valence-electron chi connectivity index (χ3n) is 6.02. The minimum Gasteiger partial charge on any atom is -0.370 e. The molecule has 2 aromatic carbocycles. The van der Waals surface area contributed by atoms with Crippen molar-refractivity contribution in [3.05, 3.63) is 70.8 Å². The quantitative estimate of drug-likeness (QED) is 0.721. The summed E-state index contributed by atoms with van der Waals surface area (Å²) in [4.78, 5) is 17.1. The molecule has 1 amide bonds. The molecule has 2 saturated heterocycles. The van der Waals surface area contributed by atoms with Gasteiger partial charge < -0.3 is 10.1 Å². The fourth-order valence-electron chi connectivity index (χ4n) is 4.38. The van der Waals surface area contributed by atoms with Crippen LogP contribution in [0, 0.1) is 22.7 Å². The molecule has 2 aliphatic heterocycles. The topological polar surface area (TPSA) is 92.4 Å². The first-order valence-corrected chi connectivity index (χ1v) is 11.0. The summed E-state index contributed by atoms with van der Waals surface area (Å²) >= 11 is 0. The SMILES string of the molecule is N#Cc1ccc(CCN2CC3CN(CCNC(=O)c4ccc(C#N)cc4)CC(C2)O3)cc1. The second-order valence-corrected chi connectivity index (χ2v) is 8.40. The number of nitrogens with zero attached hydrogens (tertiary/aromatic N) is 4. The number of morpholine rings is 2. The summed E-state index contributed by atoms with van der Waals surface area (Å²) in [5.74, 6) is -0.114. The number of fused-ring (bicyclic) bond motifs is 2. The fraction of sp³-hybridized carbons (Fsp3) is 0.400. The zero-order valence-corrected chi connectivity index (χ0v) is 18.0. The Balaban J connectivity index is 1.19. The van der Waals surface area contributed by atoms with Gasteiger partial charge in [-0.15, -0.1) is 0 Å². The van der Waals surface area contributed by atoms with Gasteiger partial charge in [-0.1, -0.05) is 12.1 Å². The van der Waals surface area contributed by atoms with Crippen LogP contribution in [0.3, 0.4) is 0 Å². The third kappa shape index (κ3) is 5.72. The summed E-state index contributed by atoms with van der Waals surface area (Å²) in [5, 5.41) is 20.7. The average Bonchev–Trinajstić information content (AvgIpc) is 2.82. The Kier molecular flexibility index (Phi) is 7.14. The molecule has 2 fully saturated rings. The predicted molar refractivity (Wildman–Crippen MR) is 120 cm³/mol. The highest BCUT2D eigenvalue weighted by Gasteiger charge is 2.34. The van der Waals surface area contributed by atoms with Gasteiger partial charge in [0.25, 0.3) is 5.91 Å². The van der Waals surface area contributed by atoms with Gasteiger partial charge in [0.05, 0.1) is 35.5 Å². The summed E-state index contributed by atoms with van der Waals surface area (Å²) in [6.07, 6.45) is 1.35. The number of hydrogen-bond acceptors (Lipinski definition) is 6. The Morgan fingerprint density at radius 3 is 1.97 bits per heavy atom. The van der Waals surface area contributed by atoms with Crippen LogP contribution in [-0.2, 0) is 11.2 Å². The molecular formula is C25H27N5O2. The molecule has 2 unspecified atom stereocenters. The molecule has 1 N–H and O–H groups in total. The van der Waals surface area contributed by atoms with Crippen molar-refractivity contribution in [2.75, 3.05) is 45.8 Å². The van der Waals surface area contributed by atoms with Crippen molar-refractivity contribution in [3.63, 3.8) is 0 Å². The van der Waals surface area contributed by atoms with E-state index in [1.165, 1.54) is 5.56 Å². The molecule has 0 aromatic heterocycles. The minimum atomic E-state index is -0.114. The van der Waals surface area contributed by atoms with E-state index in [2.05, 4.69) is 27.3 Å². The Morgan fingerprint density at radius 1 is 0.875 bits per heavy atom. The van der Waals surface area contributed by atoms with Crippen LogP contribution in [0.25, 0.3) is 0 Å². The Hall–Kier alpha value is -3.23. The molecule has 2 bridgehead atoms. The predicted octanol–water partition coefficient (Wildman–Crippen LogP) is 1.79. The number of benzene rings is 2. The Morgan fingerprint density at radius 2 is 1.41 bits per heavy atom. The number of hydrogen-bond donors (Lipinski definition) is 1. The second kappa shape index (κ2) is 10.4. The van der Waals surface area contributed by atoms with Crippen LogP contribution in [-0.4, -0.2) is 73.7 Å². The van der Waals surface area contributed by atoms with Crippen molar-refractivity contribution in [1.29, 1.82) is 10.5 Å². The lowest BCUT2D eigenvalue weighted by atomic mass is 10.1. The highest BCUT2D eigenvalue weighted by atomic mass is 16.5. The van der Waals surface area contributed by atoms with Gasteiger partial charge in [0.1, 0.15) is 0 Å². The van der Waals surface area contributed by atoms with Crippen molar-refractivity contribution in [3.8, 4) is 12.1 Å². The van der Waals surface area contributed by atoms with Crippen molar-refractivity contribution >= 4 is 5.91 Å². The summed E-state index contributed by atoms with van der Waals surface area (Å²) in [6, 6.07) is 18.7. The zero-order valence-electron chi connectivity index (χ0n) is 18.0. The van der Waals surface area contributed by atoms with Crippen molar-refractivity contribution in [1.82, 2.24) is 15.1 Å². The first-order chi connectivity index (χ1) is 15.6. The van der Waals surface area contributed by atoms with Crippen LogP contribution < -0.4 is 5.32 Å². The molecule has 32 heavy (non-hydrogen) atoms. The average molecular weight is 430 g/mol. The Labute approximate surface area is 188 Å². The van der Waals surface area contributed by atoms with E-state index in [-0.39, 0.29) is 18.1 Å². The fourth-order valence-corrected chi connectivity index (χ4v) is 4.38. The Bertz CT molecular complexity index is 993. The maximum atomic E-state index is 12.3. The van der Waals surface area contributed by atoms with Gasteiger partial charge in [-0.25, -0.2) is 0 Å². The number of ether oxygens (including phenoxy) is 1. The summed E-state index contributed by atoms with van der Waals surface area (Å²) < 4.78 is 6.15.